The SMILES string of the molecule is c1cc2c3c(c1)-c1cccc4c5ccccc5n(c14)B3c1cc3c(cc1O2)Oc1cccc2c1B3n1c3ccccc3c3cccc-2c31. The molecule has 0 unspecified atom stereocenters. The summed E-state index contributed by atoms with van der Waals surface area (Å²) < 4.78 is 18.8. The summed E-state index contributed by atoms with van der Waals surface area (Å²) in [7, 11) is 0. The zero-order valence-corrected chi connectivity index (χ0v) is 25.6. The van der Waals surface area contributed by atoms with Crippen molar-refractivity contribution in [2.45, 2.75) is 0 Å². The lowest BCUT2D eigenvalue weighted by Gasteiger charge is -2.37. The van der Waals surface area contributed by atoms with Gasteiger partial charge < -0.3 is 18.4 Å². The molecule has 0 spiro atoms. The quantitative estimate of drug-likeness (QED) is 0.168. The molecule has 4 nitrogen and oxygen atoms in total. The van der Waals surface area contributed by atoms with Crippen LogP contribution >= 0.6 is 0 Å². The summed E-state index contributed by atoms with van der Waals surface area (Å²) in [4.78, 5) is 0. The first-order valence-electron chi connectivity index (χ1n) is 16.7. The van der Waals surface area contributed by atoms with Crippen molar-refractivity contribution in [2.24, 2.45) is 0 Å². The van der Waals surface area contributed by atoms with Gasteiger partial charge >= 0.3 is 13.7 Å². The van der Waals surface area contributed by atoms with E-state index in [1.807, 2.05) is 0 Å². The molecule has 0 bridgehead atoms. The first-order valence-corrected chi connectivity index (χ1v) is 16.7. The van der Waals surface area contributed by atoms with E-state index in [4.69, 9.17) is 9.47 Å². The third-order valence-corrected chi connectivity index (χ3v) is 11.4. The van der Waals surface area contributed by atoms with E-state index in [-0.39, 0.29) is 13.7 Å². The molecule has 0 fully saturated rings. The highest BCUT2D eigenvalue weighted by Crippen LogP contribution is 2.45. The Bertz CT molecular complexity index is 2790. The maximum Gasteiger partial charge on any atom is 0.336 e. The maximum atomic E-state index is 6.85. The molecule has 9 aromatic rings. The molecular weight excluding hydrogens is 586 g/mol. The lowest BCUT2D eigenvalue weighted by molar-refractivity contribution is 0.465. The minimum absolute atomic E-state index is 0.0449. The van der Waals surface area contributed by atoms with E-state index in [2.05, 4.69) is 142 Å². The van der Waals surface area contributed by atoms with Crippen molar-refractivity contribution in [1.82, 2.24) is 8.96 Å². The van der Waals surface area contributed by atoms with Crippen LogP contribution in [0.4, 0.5) is 0 Å². The van der Waals surface area contributed by atoms with Gasteiger partial charge in [-0.2, -0.15) is 0 Å². The van der Waals surface area contributed by atoms with Crippen LogP contribution in [0.15, 0.2) is 133 Å². The highest BCUT2D eigenvalue weighted by Gasteiger charge is 2.45. The van der Waals surface area contributed by atoms with Gasteiger partial charge in [-0.05, 0) is 46.3 Å². The Hall–Kier alpha value is -6.13. The van der Waals surface area contributed by atoms with E-state index in [1.165, 1.54) is 87.7 Å². The minimum Gasteiger partial charge on any atom is -0.458 e. The maximum absolute atomic E-state index is 6.85. The Morgan fingerprint density at radius 2 is 0.812 bits per heavy atom. The molecule has 0 saturated heterocycles. The summed E-state index contributed by atoms with van der Waals surface area (Å²) in [5.74, 6) is 3.53. The van der Waals surface area contributed by atoms with Crippen molar-refractivity contribution in [3.05, 3.63) is 133 Å². The summed E-state index contributed by atoms with van der Waals surface area (Å²) in [5, 5.41) is 5.14. The molecule has 0 saturated carbocycles. The minimum atomic E-state index is -0.0449. The summed E-state index contributed by atoms with van der Waals surface area (Å²) >= 11 is 0. The molecule has 0 atom stereocenters. The summed E-state index contributed by atoms with van der Waals surface area (Å²) in [6.45, 7) is -0.0898. The van der Waals surface area contributed by atoms with E-state index in [1.54, 1.807) is 0 Å². The number of benzene rings is 7. The molecule has 4 aliphatic heterocycles. The largest absolute Gasteiger partial charge is 0.458 e. The van der Waals surface area contributed by atoms with Crippen LogP contribution in [0.2, 0.25) is 0 Å². The fourth-order valence-corrected chi connectivity index (χ4v) is 9.66. The standard InChI is InChI=1S/C42H22B2N2O2/c1-3-17-33-23(9-1)27-13-5-15-29-25-11-7-19-35-39(25)43(45(33)41(27)29)31-21-32-38(22-37(31)47-35)48-36-20-8-12-26-30-16-6-14-28-24-10-2-4-18-34(24)46(42(28)30)44(32)40(26)36/h1-22H. The lowest BCUT2D eigenvalue weighted by atomic mass is 9.42. The van der Waals surface area contributed by atoms with E-state index in [0.717, 1.165) is 23.0 Å². The average molecular weight is 608 g/mol. The van der Waals surface area contributed by atoms with Crippen molar-refractivity contribution in [3.63, 3.8) is 0 Å². The molecule has 0 aliphatic carbocycles. The normalized spacial score (nSPS) is 14.1. The zero-order chi connectivity index (χ0) is 30.8. The van der Waals surface area contributed by atoms with Crippen molar-refractivity contribution in [2.75, 3.05) is 0 Å². The molecule has 2 aromatic heterocycles. The van der Waals surface area contributed by atoms with Gasteiger partial charge in [0, 0.05) is 71.7 Å². The van der Waals surface area contributed by atoms with Crippen LogP contribution in [0, 0.1) is 0 Å². The number of hydrogen-bond acceptors (Lipinski definition) is 2. The molecule has 7 aromatic carbocycles. The van der Waals surface area contributed by atoms with Gasteiger partial charge in [-0.25, -0.2) is 0 Å². The van der Waals surface area contributed by atoms with Crippen molar-refractivity contribution >= 4 is 79.2 Å². The number of nitrogens with zero attached hydrogens (tertiary/aromatic N) is 2. The lowest BCUT2D eigenvalue weighted by Crippen LogP contribution is -2.58. The van der Waals surface area contributed by atoms with Crippen LogP contribution in [0.25, 0.3) is 65.9 Å². The first-order chi connectivity index (χ1) is 23.8. The predicted molar refractivity (Wildman–Crippen MR) is 197 cm³/mol. The molecule has 0 N–H and O–H groups in total. The average Bonchev–Trinajstić information content (AvgIpc) is 3.65. The van der Waals surface area contributed by atoms with Crippen LogP contribution in [0.1, 0.15) is 0 Å². The molecule has 6 heterocycles. The van der Waals surface area contributed by atoms with Crippen molar-refractivity contribution < 1.29 is 9.47 Å². The van der Waals surface area contributed by atoms with E-state index in [9.17, 15) is 0 Å². The van der Waals surface area contributed by atoms with Crippen LogP contribution < -0.4 is 31.3 Å². The van der Waals surface area contributed by atoms with Crippen molar-refractivity contribution in [1.29, 1.82) is 0 Å². The molecule has 218 valence electrons. The number of fused-ring (bicyclic) bond motifs is 14. The van der Waals surface area contributed by atoms with Gasteiger partial charge in [0.15, 0.2) is 0 Å². The highest BCUT2D eigenvalue weighted by atomic mass is 16.5. The van der Waals surface area contributed by atoms with Crippen LogP contribution in [-0.2, 0) is 0 Å². The summed E-state index contributed by atoms with van der Waals surface area (Å²) in [6, 6.07) is 48.7. The molecule has 0 radical (unpaired) electrons. The molecule has 0 amide bonds. The fourth-order valence-electron chi connectivity index (χ4n) is 9.66. The smallest absolute Gasteiger partial charge is 0.336 e. The molecule has 48 heavy (non-hydrogen) atoms. The number of rotatable bonds is 0. The van der Waals surface area contributed by atoms with Gasteiger partial charge in [0.25, 0.3) is 0 Å². The fraction of sp³-hybridized carbons (Fsp3) is 0. The second-order valence-corrected chi connectivity index (χ2v) is 13.5. The molecule has 6 heteroatoms. The number of aromatic nitrogens is 2. The monoisotopic (exact) mass is 608 g/mol. The Balaban J connectivity index is 1.16. The Morgan fingerprint density at radius 3 is 1.33 bits per heavy atom. The zero-order valence-electron chi connectivity index (χ0n) is 25.6. The third-order valence-electron chi connectivity index (χ3n) is 11.4. The molecule has 4 aliphatic rings. The Morgan fingerprint density at radius 1 is 0.375 bits per heavy atom. The van der Waals surface area contributed by atoms with E-state index >= 15 is 0 Å². The van der Waals surface area contributed by atoms with Crippen LogP contribution in [0.5, 0.6) is 23.0 Å². The number of para-hydroxylation sites is 4. The second-order valence-electron chi connectivity index (χ2n) is 13.5. The first kappa shape index (κ1) is 24.1. The van der Waals surface area contributed by atoms with Gasteiger partial charge in [-0.15, -0.1) is 0 Å². The van der Waals surface area contributed by atoms with Gasteiger partial charge in [0.05, 0.1) is 0 Å². The number of ether oxygens (including phenoxy) is 2. The summed E-state index contributed by atoms with van der Waals surface area (Å²) in [5.41, 5.74) is 14.9. The van der Waals surface area contributed by atoms with Gasteiger partial charge in [-0.3, -0.25) is 0 Å². The predicted octanol–water partition coefficient (Wildman–Crippen LogP) is 7.38. The van der Waals surface area contributed by atoms with Gasteiger partial charge in [-0.1, -0.05) is 103 Å². The van der Waals surface area contributed by atoms with Gasteiger partial charge in [0.1, 0.15) is 23.0 Å². The van der Waals surface area contributed by atoms with E-state index in [0.29, 0.717) is 0 Å². The van der Waals surface area contributed by atoms with Gasteiger partial charge in [0.2, 0.25) is 0 Å². The van der Waals surface area contributed by atoms with Crippen molar-refractivity contribution in [3.8, 4) is 45.3 Å². The second kappa shape index (κ2) is 8.04. The Kier molecular flexibility index (Phi) is 4.04. The van der Waals surface area contributed by atoms with E-state index < -0.39 is 0 Å². The topological polar surface area (TPSA) is 28.3 Å². The molecular formula is C42H22B2N2O2. The summed E-state index contributed by atoms with van der Waals surface area (Å²) in [6.07, 6.45) is 0. The third kappa shape index (κ3) is 2.61. The van der Waals surface area contributed by atoms with Crippen LogP contribution in [-0.4, -0.2) is 22.7 Å². The number of hydrogen-bond donors (Lipinski definition) is 0. The highest BCUT2D eigenvalue weighted by molar-refractivity contribution is 6.91. The van der Waals surface area contributed by atoms with Crippen LogP contribution in [0.3, 0.4) is 0 Å². The molecule has 13 rings (SSSR count). The Labute approximate surface area is 275 Å².